The molecule has 1 rings (SSSR count). The largest absolute Gasteiger partial charge is 0.385 e. The van der Waals surface area contributed by atoms with E-state index in [1.165, 1.54) is 0 Å². The van der Waals surface area contributed by atoms with Crippen molar-refractivity contribution in [3.8, 4) is 0 Å². The molecule has 0 aliphatic heterocycles. The lowest BCUT2D eigenvalue weighted by Crippen LogP contribution is -2.23. The predicted octanol–water partition coefficient (Wildman–Crippen LogP) is 3.29. The molecule has 1 aromatic carbocycles. The summed E-state index contributed by atoms with van der Waals surface area (Å²) in [6.07, 6.45) is 2.69. The molecule has 4 heteroatoms. The van der Waals surface area contributed by atoms with E-state index in [1.807, 2.05) is 12.1 Å². The zero-order chi connectivity index (χ0) is 12.0. The maximum atomic E-state index is 6.07. The molecule has 0 heterocycles. The Morgan fingerprint density at radius 3 is 2.75 bits per heavy atom. The lowest BCUT2D eigenvalue weighted by Gasteiger charge is -2.12. The molecule has 2 nitrogen and oxygen atoms in total. The van der Waals surface area contributed by atoms with Crippen molar-refractivity contribution in [3.63, 3.8) is 0 Å². The van der Waals surface area contributed by atoms with Crippen LogP contribution in [0.15, 0.2) is 18.2 Å². The first-order valence-electron chi connectivity index (χ1n) is 5.32. The summed E-state index contributed by atoms with van der Waals surface area (Å²) in [4.78, 5) is 0. The van der Waals surface area contributed by atoms with Gasteiger partial charge in [-0.3, -0.25) is 0 Å². The van der Waals surface area contributed by atoms with E-state index in [9.17, 15) is 0 Å². The van der Waals surface area contributed by atoms with E-state index in [1.54, 1.807) is 13.2 Å². The van der Waals surface area contributed by atoms with Gasteiger partial charge in [0, 0.05) is 29.8 Å². The molecule has 0 bridgehead atoms. The molecule has 0 saturated heterocycles. The van der Waals surface area contributed by atoms with E-state index >= 15 is 0 Å². The minimum absolute atomic E-state index is 0.119. The van der Waals surface area contributed by atoms with Crippen LogP contribution in [0.2, 0.25) is 10.0 Å². The summed E-state index contributed by atoms with van der Waals surface area (Å²) in [5.74, 6) is 0. The number of methoxy groups -OCH3 is 1. The Morgan fingerprint density at radius 2 is 2.12 bits per heavy atom. The minimum Gasteiger partial charge on any atom is -0.385 e. The van der Waals surface area contributed by atoms with Gasteiger partial charge in [0.25, 0.3) is 0 Å². The highest BCUT2D eigenvalue weighted by atomic mass is 35.5. The summed E-state index contributed by atoms with van der Waals surface area (Å²) in [6, 6.07) is 5.64. The molecule has 0 fully saturated rings. The molecule has 0 amide bonds. The molecule has 2 N–H and O–H groups in total. The standard InChI is InChI=1S/C12H17Cl2NO/c1-16-6-2-3-11(15)7-9-4-5-10(13)8-12(9)14/h4-5,8,11H,2-3,6-7,15H2,1H3. The van der Waals surface area contributed by atoms with Gasteiger partial charge in [-0.15, -0.1) is 0 Å². The van der Waals surface area contributed by atoms with Gasteiger partial charge in [0.15, 0.2) is 0 Å². The third-order valence-corrected chi connectivity index (χ3v) is 3.01. The second-order valence-corrected chi connectivity index (χ2v) is 4.68. The summed E-state index contributed by atoms with van der Waals surface area (Å²) in [6.45, 7) is 0.752. The second-order valence-electron chi connectivity index (χ2n) is 3.83. The Hall–Kier alpha value is -0.280. The highest BCUT2D eigenvalue weighted by Crippen LogP contribution is 2.22. The number of halogens is 2. The van der Waals surface area contributed by atoms with Gasteiger partial charge in [-0.25, -0.2) is 0 Å². The van der Waals surface area contributed by atoms with E-state index in [2.05, 4.69) is 0 Å². The van der Waals surface area contributed by atoms with Crippen LogP contribution in [-0.2, 0) is 11.2 Å². The van der Waals surface area contributed by atoms with Crippen molar-refractivity contribution in [1.29, 1.82) is 0 Å². The Morgan fingerprint density at radius 1 is 1.38 bits per heavy atom. The zero-order valence-electron chi connectivity index (χ0n) is 9.38. The number of hydrogen-bond acceptors (Lipinski definition) is 2. The highest BCUT2D eigenvalue weighted by molar-refractivity contribution is 6.35. The Balaban J connectivity index is 2.46. The van der Waals surface area contributed by atoms with Crippen molar-refractivity contribution in [2.24, 2.45) is 5.73 Å². The number of rotatable bonds is 6. The smallest absolute Gasteiger partial charge is 0.0462 e. The predicted molar refractivity (Wildman–Crippen MR) is 69.3 cm³/mol. The molecule has 0 aromatic heterocycles. The first-order valence-corrected chi connectivity index (χ1v) is 6.07. The maximum absolute atomic E-state index is 6.07. The second kappa shape index (κ2) is 7.13. The summed E-state index contributed by atoms with van der Waals surface area (Å²) in [7, 11) is 1.70. The summed E-state index contributed by atoms with van der Waals surface area (Å²) < 4.78 is 4.98. The van der Waals surface area contributed by atoms with Crippen LogP contribution >= 0.6 is 23.2 Å². The van der Waals surface area contributed by atoms with Crippen molar-refractivity contribution in [2.75, 3.05) is 13.7 Å². The van der Waals surface area contributed by atoms with Crippen molar-refractivity contribution in [3.05, 3.63) is 33.8 Å². The molecule has 0 saturated carbocycles. The van der Waals surface area contributed by atoms with Crippen LogP contribution in [0.1, 0.15) is 18.4 Å². The van der Waals surface area contributed by atoms with E-state index in [0.717, 1.165) is 31.4 Å². The summed E-state index contributed by atoms with van der Waals surface area (Å²) in [5.41, 5.74) is 7.06. The number of nitrogens with two attached hydrogens (primary N) is 1. The van der Waals surface area contributed by atoms with Crippen molar-refractivity contribution in [1.82, 2.24) is 0 Å². The van der Waals surface area contributed by atoms with Crippen molar-refractivity contribution in [2.45, 2.75) is 25.3 Å². The zero-order valence-corrected chi connectivity index (χ0v) is 10.9. The highest BCUT2D eigenvalue weighted by Gasteiger charge is 2.07. The van der Waals surface area contributed by atoms with Gasteiger partial charge in [0.2, 0.25) is 0 Å². The summed E-state index contributed by atoms with van der Waals surface area (Å²) in [5, 5.41) is 1.34. The molecule has 0 radical (unpaired) electrons. The van der Waals surface area contributed by atoms with Gasteiger partial charge in [-0.2, -0.15) is 0 Å². The molecule has 90 valence electrons. The molecule has 1 atom stereocenters. The topological polar surface area (TPSA) is 35.2 Å². The average Bonchev–Trinajstić information content (AvgIpc) is 2.23. The lowest BCUT2D eigenvalue weighted by atomic mass is 10.0. The fourth-order valence-corrected chi connectivity index (χ4v) is 2.05. The first-order chi connectivity index (χ1) is 7.63. The van der Waals surface area contributed by atoms with Crippen LogP contribution in [-0.4, -0.2) is 19.8 Å². The van der Waals surface area contributed by atoms with Crippen molar-refractivity contribution < 1.29 is 4.74 Å². The molecular weight excluding hydrogens is 245 g/mol. The van der Waals surface area contributed by atoms with Crippen LogP contribution in [0.3, 0.4) is 0 Å². The van der Waals surface area contributed by atoms with E-state index in [4.69, 9.17) is 33.7 Å². The molecular formula is C12H17Cl2NO. The van der Waals surface area contributed by atoms with Crippen LogP contribution in [0.4, 0.5) is 0 Å². The molecule has 0 spiro atoms. The van der Waals surface area contributed by atoms with Crippen LogP contribution in [0, 0.1) is 0 Å². The third-order valence-electron chi connectivity index (χ3n) is 2.42. The van der Waals surface area contributed by atoms with E-state index in [0.29, 0.717) is 10.0 Å². The Bertz CT molecular complexity index is 331. The van der Waals surface area contributed by atoms with Gasteiger partial charge in [-0.05, 0) is 37.0 Å². The monoisotopic (exact) mass is 261 g/mol. The normalized spacial score (nSPS) is 12.8. The fourth-order valence-electron chi connectivity index (χ4n) is 1.56. The lowest BCUT2D eigenvalue weighted by molar-refractivity contribution is 0.190. The van der Waals surface area contributed by atoms with Crippen LogP contribution in [0.25, 0.3) is 0 Å². The van der Waals surface area contributed by atoms with Gasteiger partial charge < -0.3 is 10.5 Å². The molecule has 1 aromatic rings. The third kappa shape index (κ3) is 4.71. The van der Waals surface area contributed by atoms with Crippen molar-refractivity contribution >= 4 is 23.2 Å². The van der Waals surface area contributed by atoms with Gasteiger partial charge in [0.05, 0.1) is 0 Å². The molecule has 0 aliphatic rings. The molecule has 16 heavy (non-hydrogen) atoms. The number of benzene rings is 1. The quantitative estimate of drug-likeness (QED) is 0.798. The van der Waals surface area contributed by atoms with Gasteiger partial charge in [0.1, 0.15) is 0 Å². The molecule has 1 unspecified atom stereocenters. The van der Waals surface area contributed by atoms with Crippen LogP contribution in [0.5, 0.6) is 0 Å². The minimum atomic E-state index is 0.119. The molecule has 0 aliphatic carbocycles. The van der Waals surface area contributed by atoms with E-state index < -0.39 is 0 Å². The van der Waals surface area contributed by atoms with Gasteiger partial charge in [-0.1, -0.05) is 29.3 Å². The number of ether oxygens (including phenoxy) is 1. The summed E-state index contributed by atoms with van der Waals surface area (Å²) >= 11 is 11.9. The Kier molecular flexibility index (Phi) is 6.14. The number of hydrogen-bond donors (Lipinski definition) is 1. The maximum Gasteiger partial charge on any atom is 0.0462 e. The SMILES string of the molecule is COCCCC(N)Cc1ccc(Cl)cc1Cl. The fraction of sp³-hybridized carbons (Fsp3) is 0.500. The van der Waals surface area contributed by atoms with Gasteiger partial charge >= 0.3 is 0 Å². The first kappa shape index (κ1) is 13.8. The average molecular weight is 262 g/mol. The van der Waals surface area contributed by atoms with E-state index in [-0.39, 0.29) is 6.04 Å². The van der Waals surface area contributed by atoms with Crippen LogP contribution < -0.4 is 5.73 Å². The Labute approximate surface area is 107 Å².